The van der Waals surface area contributed by atoms with E-state index in [1.165, 1.54) is 23.9 Å². The number of ketones is 1. The topological polar surface area (TPSA) is 178 Å². The molecule has 1 fully saturated rings. The van der Waals surface area contributed by atoms with Crippen LogP contribution in [0.4, 0.5) is 5.82 Å². The van der Waals surface area contributed by atoms with Gasteiger partial charge in [-0.05, 0) is 59.3 Å². The molecule has 0 radical (unpaired) electrons. The van der Waals surface area contributed by atoms with Crippen molar-refractivity contribution < 1.29 is 27.6 Å². The molecule has 1 aliphatic rings. The Morgan fingerprint density at radius 3 is 2.89 bits per heavy atom. The number of rotatable bonds is 9. The number of pyridine rings is 1. The molecule has 192 valence electrons. The van der Waals surface area contributed by atoms with Gasteiger partial charge in [-0.3, -0.25) is 8.98 Å². The summed E-state index contributed by atoms with van der Waals surface area (Å²) in [6.07, 6.45) is 2.59. The molecule has 0 bridgehead atoms. The maximum atomic E-state index is 13.3. The van der Waals surface area contributed by atoms with Crippen molar-refractivity contribution in [2.75, 3.05) is 11.9 Å². The average Bonchev–Trinajstić information content (AvgIpc) is 3.44. The van der Waals surface area contributed by atoms with E-state index < -0.39 is 27.9 Å². The quantitative estimate of drug-likeness (QED) is 0.210. The number of carbonyl (C=O) groups excluding carboxylic acids is 1. The van der Waals surface area contributed by atoms with E-state index in [9.17, 15) is 23.4 Å². The molecule has 0 spiro atoms. The van der Waals surface area contributed by atoms with Crippen molar-refractivity contribution in [3.05, 3.63) is 68.5 Å². The molecule has 14 heteroatoms. The number of hydrogen-bond donors (Lipinski definition) is 4. The SMILES string of the molecule is C[C@](O)(c1csc(C(=O)c2cncnc2N[C@@H]2C[C@H](COS(N)(=O)=O)[C@@H](O)C2)c1)c1cccc(Br)n1. The number of thiophene rings is 1. The molecule has 5 N–H and O–H groups in total. The Morgan fingerprint density at radius 2 is 2.17 bits per heavy atom. The predicted molar refractivity (Wildman–Crippen MR) is 136 cm³/mol. The highest BCUT2D eigenvalue weighted by molar-refractivity contribution is 9.10. The summed E-state index contributed by atoms with van der Waals surface area (Å²) < 4.78 is 27.3. The summed E-state index contributed by atoms with van der Waals surface area (Å²) in [7, 11) is -4.11. The van der Waals surface area contributed by atoms with Crippen molar-refractivity contribution >= 4 is 49.2 Å². The highest BCUT2D eigenvalue weighted by atomic mass is 79.9. The second-order valence-corrected chi connectivity index (χ2v) is 11.6. The van der Waals surface area contributed by atoms with Gasteiger partial charge in [0, 0.05) is 23.7 Å². The van der Waals surface area contributed by atoms with Crippen LogP contribution in [0.3, 0.4) is 0 Å². The maximum Gasteiger partial charge on any atom is 0.333 e. The van der Waals surface area contributed by atoms with Crippen LogP contribution in [-0.2, 0) is 20.1 Å². The third-order valence-electron chi connectivity index (χ3n) is 6.00. The lowest BCUT2D eigenvalue weighted by atomic mass is 9.94. The summed E-state index contributed by atoms with van der Waals surface area (Å²) in [6, 6.07) is 6.56. The van der Waals surface area contributed by atoms with Gasteiger partial charge in [-0.2, -0.15) is 8.42 Å². The molecule has 0 aromatic carbocycles. The third kappa shape index (κ3) is 6.14. The van der Waals surface area contributed by atoms with Gasteiger partial charge in [0.2, 0.25) is 5.78 Å². The minimum absolute atomic E-state index is 0.227. The van der Waals surface area contributed by atoms with Crippen LogP contribution in [0.5, 0.6) is 0 Å². The Hall–Kier alpha value is -2.33. The molecule has 3 heterocycles. The highest BCUT2D eigenvalue weighted by Crippen LogP contribution is 2.34. The standard InChI is InChI=1S/C22H24BrN5O6S2/c1-22(31,18-3-2-4-19(23)28-18)13-6-17(35-10-13)20(30)15-8-25-11-26-21(15)27-14-5-12(16(29)7-14)9-34-36(24,32)33/h2-4,6,8,10-12,14,16,29,31H,5,7,9H2,1H3,(H2,24,32,33)(H,25,26,27)/t12-,14-,16+,22+/m1/s1. The number of aliphatic hydroxyl groups excluding tert-OH is 1. The van der Waals surface area contributed by atoms with Crippen molar-refractivity contribution in [1.82, 2.24) is 15.0 Å². The maximum absolute atomic E-state index is 13.3. The van der Waals surface area contributed by atoms with E-state index in [4.69, 9.17) is 5.14 Å². The Kier molecular flexibility index (Phi) is 7.85. The summed E-state index contributed by atoms with van der Waals surface area (Å²) in [5, 5.41) is 31.2. The van der Waals surface area contributed by atoms with Gasteiger partial charge in [0.05, 0.1) is 28.8 Å². The number of aliphatic hydroxyl groups is 2. The summed E-state index contributed by atoms with van der Waals surface area (Å²) in [5.74, 6) is -0.494. The van der Waals surface area contributed by atoms with Crippen LogP contribution in [0.2, 0.25) is 0 Å². The Bertz CT molecular complexity index is 1370. The first-order valence-corrected chi connectivity index (χ1v) is 14.0. The van der Waals surface area contributed by atoms with E-state index >= 15 is 0 Å². The zero-order chi connectivity index (χ0) is 26.1. The third-order valence-corrected chi connectivity index (χ3v) is 7.84. The molecule has 11 nitrogen and oxygen atoms in total. The van der Waals surface area contributed by atoms with Gasteiger partial charge in [0.25, 0.3) is 0 Å². The van der Waals surface area contributed by atoms with E-state index in [2.05, 4.69) is 40.4 Å². The fourth-order valence-corrected chi connectivity index (χ4v) is 5.73. The van der Waals surface area contributed by atoms with Gasteiger partial charge in [0.1, 0.15) is 22.3 Å². The Morgan fingerprint density at radius 1 is 1.39 bits per heavy atom. The minimum atomic E-state index is -4.11. The van der Waals surface area contributed by atoms with Gasteiger partial charge in [-0.1, -0.05) is 6.07 Å². The first kappa shape index (κ1) is 26.7. The first-order chi connectivity index (χ1) is 16.9. The molecule has 4 atom stereocenters. The molecule has 0 aliphatic heterocycles. The number of hydrogen-bond acceptors (Lipinski definition) is 11. The molecule has 3 aromatic heterocycles. The van der Waals surface area contributed by atoms with E-state index in [-0.39, 0.29) is 29.8 Å². The van der Waals surface area contributed by atoms with Crippen LogP contribution >= 0.6 is 27.3 Å². The Labute approximate surface area is 220 Å². The van der Waals surface area contributed by atoms with Gasteiger partial charge >= 0.3 is 10.3 Å². The smallest absolute Gasteiger partial charge is 0.333 e. The van der Waals surface area contributed by atoms with Gasteiger partial charge < -0.3 is 15.5 Å². The molecule has 1 aliphatic carbocycles. The molecule has 4 rings (SSSR count). The highest BCUT2D eigenvalue weighted by Gasteiger charge is 2.35. The van der Waals surface area contributed by atoms with Crippen LogP contribution < -0.4 is 10.5 Å². The lowest BCUT2D eigenvalue weighted by Gasteiger charge is -2.21. The second kappa shape index (κ2) is 10.6. The molecular weight excluding hydrogens is 574 g/mol. The zero-order valence-electron chi connectivity index (χ0n) is 19.0. The molecule has 0 saturated heterocycles. The van der Waals surface area contributed by atoms with Crippen molar-refractivity contribution in [1.29, 1.82) is 0 Å². The van der Waals surface area contributed by atoms with E-state index in [0.29, 0.717) is 33.6 Å². The normalized spacial score (nSPS) is 21.8. The number of nitrogens with zero attached hydrogens (tertiary/aromatic N) is 3. The summed E-state index contributed by atoms with van der Waals surface area (Å²) in [5.41, 5.74) is -0.240. The van der Waals surface area contributed by atoms with E-state index in [1.807, 2.05) is 0 Å². The van der Waals surface area contributed by atoms with Crippen molar-refractivity contribution in [3.8, 4) is 0 Å². The summed E-state index contributed by atoms with van der Waals surface area (Å²) >= 11 is 4.49. The molecule has 36 heavy (non-hydrogen) atoms. The van der Waals surface area contributed by atoms with Crippen LogP contribution in [-0.4, -0.2) is 58.1 Å². The lowest BCUT2D eigenvalue weighted by molar-refractivity contribution is 0.0974. The van der Waals surface area contributed by atoms with Crippen LogP contribution in [0.25, 0.3) is 0 Å². The van der Waals surface area contributed by atoms with Crippen LogP contribution in [0.15, 0.2) is 46.8 Å². The predicted octanol–water partition coefficient (Wildman–Crippen LogP) is 1.95. The van der Waals surface area contributed by atoms with Crippen molar-refractivity contribution in [3.63, 3.8) is 0 Å². The van der Waals surface area contributed by atoms with Gasteiger partial charge in [-0.25, -0.2) is 20.1 Å². The fraction of sp³-hybridized carbons (Fsp3) is 0.364. The second-order valence-electron chi connectivity index (χ2n) is 8.65. The van der Waals surface area contributed by atoms with E-state index in [1.54, 1.807) is 36.6 Å². The van der Waals surface area contributed by atoms with Gasteiger partial charge in [-0.15, -0.1) is 11.3 Å². The molecule has 1 saturated carbocycles. The van der Waals surface area contributed by atoms with E-state index in [0.717, 1.165) is 0 Å². The lowest BCUT2D eigenvalue weighted by Crippen LogP contribution is -2.24. The number of nitrogens with two attached hydrogens (primary N) is 1. The van der Waals surface area contributed by atoms with Crippen LogP contribution in [0, 0.1) is 5.92 Å². The fourth-order valence-electron chi connectivity index (χ4n) is 4.06. The average molecular weight is 599 g/mol. The number of carbonyl (C=O) groups is 1. The van der Waals surface area contributed by atoms with Crippen molar-refractivity contribution in [2.45, 2.75) is 37.5 Å². The summed E-state index contributed by atoms with van der Waals surface area (Å²) in [4.78, 5) is 26.2. The number of aromatic nitrogens is 3. The van der Waals surface area contributed by atoms with Crippen LogP contribution in [0.1, 0.15) is 46.3 Å². The molecule has 0 amide bonds. The number of anilines is 1. The summed E-state index contributed by atoms with van der Waals surface area (Å²) in [6.45, 7) is 1.37. The molecule has 3 aromatic rings. The number of nitrogens with one attached hydrogen (secondary N) is 1. The van der Waals surface area contributed by atoms with Gasteiger partial charge in [0.15, 0.2) is 0 Å². The first-order valence-electron chi connectivity index (χ1n) is 10.8. The zero-order valence-corrected chi connectivity index (χ0v) is 22.3. The molecular formula is C22H24BrN5O6S2. The molecule has 0 unspecified atom stereocenters. The monoisotopic (exact) mass is 597 g/mol. The number of halogens is 1. The van der Waals surface area contributed by atoms with Crippen molar-refractivity contribution in [2.24, 2.45) is 11.1 Å². The largest absolute Gasteiger partial charge is 0.393 e. The minimum Gasteiger partial charge on any atom is -0.393 e. The Balaban J connectivity index is 1.50.